The van der Waals surface area contributed by atoms with Gasteiger partial charge in [-0.25, -0.2) is 9.59 Å². The third-order valence-electron chi connectivity index (χ3n) is 2.42. The fraction of sp³-hybridized carbons (Fsp3) is 0.214. The summed E-state index contributed by atoms with van der Waals surface area (Å²) in [6.45, 7) is 1.49. The van der Waals surface area contributed by atoms with Crippen LogP contribution in [-0.4, -0.2) is 33.0 Å². The maximum Gasteiger partial charge on any atom is 0.336 e. The van der Waals surface area contributed by atoms with Crippen LogP contribution in [0.15, 0.2) is 24.3 Å². The van der Waals surface area contributed by atoms with Crippen LogP contribution in [0.4, 0.5) is 0 Å². The minimum Gasteiger partial charge on any atom is -0.478 e. The molecule has 0 radical (unpaired) electrons. The molecule has 106 valence electrons. The van der Waals surface area contributed by atoms with Crippen molar-refractivity contribution in [3.05, 3.63) is 41.0 Å². The van der Waals surface area contributed by atoms with Gasteiger partial charge in [0.15, 0.2) is 5.12 Å². The number of hydrogen-bond acceptors (Lipinski definition) is 4. The summed E-state index contributed by atoms with van der Waals surface area (Å²) in [7, 11) is 0. The van der Waals surface area contributed by atoms with Crippen LogP contribution in [-0.2, 0) is 4.79 Å². The van der Waals surface area contributed by atoms with Gasteiger partial charge in [0.25, 0.3) is 0 Å². The monoisotopic (exact) mass is 294 g/mol. The largest absolute Gasteiger partial charge is 0.478 e. The Kier molecular flexibility index (Phi) is 5.99. The van der Waals surface area contributed by atoms with Gasteiger partial charge >= 0.3 is 11.9 Å². The van der Waals surface area contributed by atoms with Crippen molar-refractivity contribution in [2.75, 3.05) is 5.75 Å². The van der Waals surface area contributed by atoms with E-state index in [-0.39, 0.29) is 16.2 Å². The summed E-state index contributed by atoms with van der Waals surface area (Å²) in [6, 6.07) is 3.95. The Morgan fingerprint density at radius 2 is 1.90 bits per heavy atom. The maximum absolute atomic E-state index is 11.1. The molecule has 6 heteroatoms. The van der Waals surface area contributed by atoms with E-state index in [1.54, 1.807) is 12.2 Å². The Labute approximate surface area is 120 Å². The summed E-state index contributed by atoms with van der Waals surface area (Å²) in [6.07, 6.45) is 4.01. The van der Waals surface area contributed by atoms with E-state index in [2.05, 4.69) is 0 Å². The number of rotatable bonds is 6. The summed E-state index contributed by atoms with van der Waals surface area (Å²) < 4.78 is 0. The van der Waals surface area contributed by atoms with Gasteiger partial charge in [-0.2, -0.15) is 0 Å². The minimum atomic E-state index is -1.18. The molecule has 0 aliphatic heterocycles. The summed E-state index contributed by atoms with van der Waals surface area (Å²) >= 11 is 1.20. The lowest BCUT2D eigenvalue weighted by Gasteiger charge is -2.03. The van der Waals surface area contributed by atoms with Crippen LogP contribution in [0.3, 0.4) is 0 Å². The van der Waals surface area contributed by atoms with Crippen LogP contribution in [0, 0.1) is 0 Å². The van der Waals surface area contributed by atoms with E-state index in [4.69, 9.17) is 10.2 Å². The first kappa shape index (κ1) is 16.0. The highest BCUT2D eigenvalue weighted by Gasteiger charge is 2.12. The topological polar surface area (TPSA) is 91.7 Å². The van der Waals surface area contributed by atoms with Crippen molar-refractivity contribution in [1.29, 1.82) is 0 Å². The molecule has 1 rings (SSSR count). The second-order valence-corrected chi connectivity index (χ2v) is 5.22. The number of thioether (sulfide) groups is 1. The standard InChI is InChI=1S/C14H14O5S/c1-9(15)20-7-3-2-4-10-5-6-11(13(16)17)8-12(10)14(18)19/h2,4-6,8H,3,7H2,1H3,(H,16,17)(H,18,19). The number of aromatic carboxylic acids is 2. The SMILES string of the molecule is CC(=O)SCCC=Cc1ccc(C(=O)O)cc1C(=O)O. The molecule has 0 unspecified atom stereocenters. The van der Waals surface area contributed by atoms with Crippen molar-refractivity contribution in [2.45, 2.75) is 13.3 Å². The van der Waals surface area contributed by atoms with Gasteiger partial charge in [-0.05, 0) is 24.1 Å². The molecule has 0 aliphatic rings. The second kappa shape index (κ2) is 7.49. The van der Waals surface area contributed by atoms with Gasteiger partial charge in [0.1, 0.15) is 0 Å². The number of benzene rings is 1. The molecule has 2 N–H and O–H groups in total. The lowest BCUT2D eigenvalue weighted by Crippen LogP contribution is -2.04. The number of carboxylic acids is 2. The van der Waals surface area contributed by atoms with Gasteiger partial charge in [0.2, 0.25) is 0 Å². The highest BCUT2D eigenvalue weighted by Crippen LogP contribution is 2.15. The molecule has 1 aromatic carbocycles. The molecule has 0 atom stereocenters. The van der Waals surface area contributed by atoms with Crippen LogP contribution >= 0.6 is 11.8 Å². The minimum absolute atomic E-state index is 0.0374. The van der Waals surface area contributed by atoms with Crippen LogP contribution < -0.4 is 0 Å². The van der Waals surface area contributed by atoms with Gasteiger partial charge < -0.3 is 10.2 Å². The van der Waals surface area contributed by atoms with Gasteiger partial charge in [-0.15, -0.1) is 0 Å². The normalized spacial score (nSPS) is 10.7. The Morgan fingerprint density at radius 1 is 1.20 bits per heavy atom. The second-order valence-electron chi connectivity index (χ2n) is 3.94. The van der Waals surface area contributed by atoms with Crippen molar-refractivity contribution in [3.8, 4) is 0 Å². The average molecular weight is 294 g/mol. The van der Waals surface area contributed by atoms with E-state index < -0.39 is 11.9 Å². The van der Waals surface area contributed by atoms with Crippen molar-refractivity contribution >= 4 is 34.9 Å². The van der Waals surface area contributed by atoms with E-state index in [1.165, 1.54) is 30.8 Å². The maximum atomic E-state index is 11.1. The van der Waals surface area contributed by atoms with E-state index in [9.17, 15) is 14.4 Å². The van der Waals surface area contributed by atoms with E-state index in [0.29, 0.717) is 17.7 Å². The van der Waals surface area contributed by atoms with Gasteiger partial charge in [-0.3, -0.25) is 4.79 Å². The van der Waals surface area contributed by atoms with Gasteiger partial charge in [-0.1, -0.05) is 30.0 Å². The Bertz CT molecular complexity index is 563. The Balaban J connectivity index is 2.84. The molecule has 0 heterocycles. The number of carbonyl (C=O) groups excluding carboxylic acids is 1. The van der Waals surface area contributed by atoms with Crippen molar-refractivity contribution < 1.29 is 24.6 Å². The van der Waals surface area contributed by atoms with Crippen molar-refractivity contribution in [2.24, 2.45) is 0 Å². The van der Waals surface area contributed by atoms with Crippen LogP contribution in [0.2, 0.25) is 0 Å². The van der Waals surface area contributed by atoms with E-state index >= 15 is 0 Å². The molecular formula is C14H14O5S. The fourth-order valence-corrected chi connectivity index (χ4v) is 2.04. The fourth-order valence-electron chi connectivity index (χ4n) is 1.50. The third kappa shape index (κ3) is 4.89. The summed E-state index contributed by atoms with van der Waals surface area (Å²) in [5.74, 6) is -1.71. The van der Waals surface area contributed by atoms with E-state index in [0.717, 1.165) is 6.07 Å². The van der Waals surface area contributed by atoms with Crippen LogP contribution in [0.1, 0.15) is 39.6 Å². The number of carbonyl (C=O) groups is 3. The first-order chi connectivity index (χ1) is 9.41. The quantitative estimate of drug-likeness (QED) is 0.784. The average Bonchev–Trinajstić information content (AvgIpc) is 2.37. The molecular weight excluding hydrogens is 280 g/mol. The molecule has 0 fully saturated rings. The Morgan fingerprint density at radius 3 is 2.45 bits per heavy atom. The van der Waals surface area contributed by atoms with E-state index in [1.807, 2.05) is 0 Å². The number of carboxylic acid groups (broad SMARTS) is 2. The highest BCUT2D eigenvalue weighted by molar-refractivity contribution is 8.13. The lowest BCUT2D eigenvalue weighted by molar-refractivity contribution is -0.109. The molecule has 0 aromatic heterocycles. The lowest BCUT2D eigenvalue weighted by atomic mass is 10.0. The number of hydrogen-bond donors (Lipinski definition) is 2. The first-order valence-electron chi connectivity index (χ1n) is 5.82. The Hall–Kier alpha value is -2.08. The summed E-state index contributed by atoms with van der Waals surface area (Å²) in [4.78, 5) is 32.6. The first-order valence-corrected chi connectivity index (χ1v) is 6.81. The third-order valence-corrected chi connectivity index (χ3v) is 3.26. The van der Waals surface area contributed by atoms with Crippen LogP contribution in [0.5, 0.6) is 0 Å². The molecule has 1 aromatic rings. The smallest absolute Gasteiger partial charge is 0.336 e. The molecule has 0 bridgehead atoms. The zero-order valence-electron chi connectivity index (χ0n) is 10.8. The number of allylic oxidation sites excluding steroid dienone is 1. The molecule has 0 saturated heterocycles. The molecule has 0 spiro atoms. The summed E-state index contributed by atoms with van der Waals surface area (Å²) in [5.41, 5.74) is 0.322. The zero-order valence-corrected chi connectivity index (χ0v) is 11.6. The zero-order chi connectivity index (χ0) is 15.1. The highest BCUT2D eigenvalue weighted by atomic mass is 32.2. The van der Waals surface area contributed by atoms with Crippen molar-refractivity contribution in [1.82, 2.24) is 0 Å². The molecule has 0 amide bonds. The molecule has 5 nitrogen and oxygen atoms in total. The molecule has 0 aliphatic carbocycles. The van der Waals surface area contributed by atoms with Gasteiger partial charge in [0.05, 0.1) is 11.1 Å². The predicted molar refractivity (Wildman–Crippen MR) is 77.2 cm³/mol. The van der Waals surface area contributed by atoms with Crippen molar-refractivity contribution in [3.63, 3.8) is 0 Å². The van der Waals surface area contributed by atoms with Crippen LogP contribution in [0.25, 0.3) is 6.08 Å². The molecule has 20 heavy (non-hydrogen) atoms. The summed E-state index contributed by atoms with van der Waals surface area (Å²) in [5, 5.41) is 17.9. The molecule has 0 saturated carbocycles. The predicted octanol–water partition coefficient (Wildman–Crippen LogP) is 2.77. The van der Waals surface area contributed by atoms with Gasteiger partial charge in [0, 0.05) is 12.7 Å².